The molecule has 0 amide bonds. The lowest BCUT2D eigenvalue weighted by Crippen LogP contribution is -1.99. The number of H-pyrrole nitrogens is 1. The number of hydrogen-bond acceptors (Lipinski definition) is 4. The van der Waals surface area contributed by atoms with E-state index in [1.165, 1.54) is 17.8 Å². The van der Waals surface area contributed by atoms with E-state index in [0.29, 0.717) is 23.0 Å². The molecule has 0 aliphatic carbocycles. The molecule has 24 heavy (non-hydrogen) atoms. The molecule has 0 saturated heterocycles. The van der Waals surface area contributed by atoms with Crippen molar-refractivity contribution >= 4 is 17.5 Å². The van der Waals surface area contributed by atoms with Gasteiger partial charge in [-0.25, -0.2) is 9.37 Å². The Balaban J connectivity index is 1.50. The molecule has 0 aliphatic heterocycles. The topological polar surface area (TPSA) is 58.6 Å². The maximum Gasteiger partial charge on any atom is 0.208 e. The number of ketones is 1. The molecule has 0 atom stereocenters. The Bertz CT molecular complexity index is 820. The van der Waals surface area contributed by atoms with E-state index in [-0.39, 0.29) is 11.6 Å². The number of Topliss-reactive ketones (excluding diaryl/α,β-unsaturated/α-hetero) is 1. The zero-order valence-corrected chi connectivity index (χ0v) is 13.7. The summed E-state index contributed by atoms with van der Waals surface area (Å²) < 4.78 is 13.7. The normalized spacial score (nSPS) is 10.7. The van der Waals surface area contributed by atoms with Crippen molar-refractivity contribution in [1.29, 1.82) is 0 Å². The van der Waals surface area contributed by atoms with Crippen molar-refractivity contribution in [2.24, 2.45) is 0 Å². The van der Waals surface area contributed by atoms with Crippen LogP contribution in [-0.4, -0.2) is 26.7 Å². The largest absolute Gasteiger partial charge is 0.294 e. The molecular weight excluding hydrogens is 325 g/mol. The van der Waals surface area contributed by atoms with Crippen LogP contribution in [0, 0.1) is 5.82 Å². The van der Waals surface area contributed by atoms with E-state index in [9.17, 15) is 9.18 Å². The standard InChI is InChI=1S/C18H16FN3OS/c19-15-10-5-4-9-14(15)17-20-18(22-21-17)24-12-6-11-16(23)13-7-2-1-3-8-13/h1-5,7-10H,6,11-12H2,(H,20,21,22). The number of rotatable bonds is 7. The summed E-state index contributed by atoms with van der Waals surface area (Å²) in [5.74, 6) is 0.945. The number of nitrogens with zero attached hydrogens (tertiary/aromatic N) is 2. The van der Waals surface area contributed by atoms with Crippen LogP contribution in [0.4, 0.5) is 4.39 Å². The van der Waals surface area contributed by atoms with Crippen LogP contribution in [0.25, 0.3) is 11.4 Å². The van der Waals surface area contributed by atoms with Crippen LogP contribution in [0.1, 0.15) is 23.2 Å². The Morgan fingerprint density at radius 2 is 1.83 bits per heavy atom. The first-order chi connectivity index (χ1) is 11.7. The zero-order chi connectivity index (χ0) is 16.8. The first kappa shape index (κ1) is 16.4. The van der Waals surface area contributed by atoms with Gasteiger partial charge in [-0.3, -0.25) is 9.89 Å². The van der Waals surface area contributed by atoms with Gasteiger partial charge in [0.15, 0.2) is 11.6 Å². The molecule has 122 valence electrons. The molecule has 6 heteroatoms. The fourth-order valence-corrected chi connectivity index (χ4v) is 2.99. The highest BCUT2D eigenvalue weighted by molar-refractivity contribution is 7.99. The molecule has 0 saturated carbocycles. The predicted molar refractivity (Wildman–Crippen MR) is 92.5 cm³/mol. The molecule has 1 heterocycles. The van der Waals surface area contributed by atoms with E-state index < -0.39 is 0 Å². The molecule has 0 radical (unpaired) electrons. The van der Waals surface area contributed by atoms with Gasteiger partial charge in [0.25, 0.3) is 0 Å². The van der Waals surface area contributed by atoms with Crippen LogP contribution in [0.5, 0.6) is 0 Å². The van der Waals surface area contributed by atoms with Gasteiger partial charge in [0.1, 0.15) is 5.82 Å². The summed E-state index contributed by atoms with van der Waals surface area (Å²) in [5, 5.41) is 7.39. The lowest BCUT2D eigenvalue weighted by molar-refractivity contribution is 0.0982. The molecule has 3 rings (SSSR count). The average molecular weight is 341 g/mol. The van der Waals surface area contributed by atoms with Crippen molar-refractivity contribution in [2.45, 2.75) is 18.0 Å². The Kier molecular flexibility index (Phi) is 5.38. The minimum atomic E-state index is -0.335. The van der Waals surface area contributed by atoms with Crippen molar-refractivity contribution in [2.75, 3.05) is 5.75 Å². The fraction of sp³-hybridized carbons (Fsp3) is 0.167. The summed E-state index contributed by atoms with van der Waals surface area (Å²) in [5.41, 5.74) is 1.14. The number of carbonyl (C=O) groups is 1. The summed E-state index contributed by atoms with van der Waals surface area (Å²) >= 11 is 1.45. The second kappa shape index (κ2) is 7.88. The van der Waals surface area contributed by atoms with Crippen LogP contribution in [0.15, 0.2) is 59.8 Å². The Morgan fingerprint density at radius 3 is 2.62 bits per heavy atom. The third kappa shape index (κ3) is 4.08. The first-order valence-corrected chi connectivity index (χ1v) is 8.61. The number of thioether (sulfide) groups is 1. The lowest BCUT2D eigenvalue weighted by Gasteiger charge is -2.00. The van der Waals surface area contributed by atoms with E-state index in [2.05, 4.69) is 15.2 Å². The molecule has 3 aromatic rings. The zero-order valence-electron chi connectivity index (χ0n) is 12.9. The van der Waals surface area contributed by atoms with Gasteiger partial charge in [-0.1, -0.05) is 54.2 Å². The highest BCUT2D eigenvalue weighted by atomic mass is 32.2. The van der Waals surface area contributed by atoms with Crippen LogP contribution < -0.4 is 0 Å². The first-order valence-electron chi connectivity index (χ1n) is 7.62. The molecule has 4 nitrogen and oxygen atoms in total. The number of aromatic amines is 1. The SMILES string of the molecule is O=C(CCCSc1n[nH]c(-c2ccccc2F)n1)c1ccccc1. The van der Waals surface area contributed by atoms with Crippen molar-refractivity contribution in [1.82, 2.24) is 15.2 Å². The van der Waals surface area contributed by atoms with E-state index in [1.807, 2.05) is 30.3 Å². The van der Waals surface area contributed by atoms with Crippen molar-refractivity contribution in [3.63, 3.8) is 0 Å². The number of carbonyl (C=O) groups excluding carboxylic acids is 1. The van der Waals surface area contributed by atoms with Crippen LogP contribution in [-0.2, 0) is 0 Å². The minimum absolute atomic E-state index is 0.137. The summed E-state index contributed by atoms with van der Waals surface area (Å²) in [7, 11) is 0. The third-order valence-corrected chi connectivity index (χ3v) is 4.40. The molecule has 2 aromatic carbocycles. The molecule has 0 bridgehead atoms. The quantitative estimate of drug-likeness (QED) is 0.394. The number of hydrogen-bond donors (Lipinski definition) is 1. The monoisotopic (exact) mass is 341 g/mol. The number of halogens is 1. The molecule has 0 unspecified atom stereocenters. The Morgan fingerprint density at radius 1 is 1.08 bits per heavy atom. The smallest absolute Gasteiger partial charge is 0.208 e. The molecule has 0 aliphatic rings. The lowest BCUT2D eigenvalue weighted by atomic mass is 10.1. The molecule has 1 N–H and O–H groups in total. The molecular formula is C18H16FN3OS. The highest BCUT2D eigenvalue weighted by Crippen LogP contribution is 2.22. The predicted octanol–water partition coefficient (Wildman–Crippen LogP) is 4.37. The van der Waals surface area contributed by atoms with Crippen LogP contribution >= 0.6 is 11.8 Å². The van der Waals surface area contributed by atoms with Gasteiger partial charge >= 0.3 is 0 Å². The molecule has 0 fully saturated rings. The second-order valence-electron chi connectivity index (χ2n) is 5.19. The van der Waals surface area contributed by atoms with E-state index in [4.69, 9.17) is 0 Å². The maximum atomic E-state index is 13.7. The van der Waals surface area contributed by atoms with Gasteiger partial charge in [0.2, 0.25) is 5.16 Å². The van der Waals surface area contributed by atoms with E-state index in [1.54, 1.807) is 18.2 Å². The third-order valence-electron chi connectivity index (χ3n) is 3.47. The van der Waals surface area contributed by atoms with Gasteiger partial charge in [0.05, 0.1) is 5.56 Å². The summed E-state index contributed by atoms with van der Waals surface area (Å²) in [4.78, 5) is 16.3. The van der Waals surface area contributed by atoms with Gasteiger partial charge in [-0.15, -0.1) is 5.10 Å². The number of aromatic nitrogens is 3. The minimum Gasteiger partial charge on any atom is -0.294 e. The Labute approximate surface area is 143 Å². The van der Waals surface area contributed by atoms with Crippen LogP contribution in [0.3, 0.4) is 0 Å². The molecule has 0 spiro atoms. The maximum absolute atomic E-state index is 13.7. The van der Waals surface area contributed by atoms with E-state index >= 15 is 0 Å². The average Bonchev–Trinajstić information content (AvgIpc) is 3.08. The van der Waals surface area contributed by atoms with Crippen LogP contribution in [0.2, 0.25) is 0 Å². The van der Waals surface area contributed by atoms with E-state index in [0.717, 1.165) is 17.7 Å². The van der Waals surface area contributed by atoms with Gasteiger partial charge in [-0.05, 0) is 18.6 Å². The van der Waals surface area contributed by atoms with Gasteiger partial charge in [0, 0.05) is 17.7 Å². The second-order valence-corrected chi connectivity index (χ2v) is 6.25. The molecule has 1 aromatic heterocycles. The van der Waals surface area contributed by atoms with Gasteiger partial charge in [-0.2, -0.15) is 0 Å². The summed E-state index contributed by atoms with van der Waals surface area (Å²) in [6.07, 6.45) is 1.23. The van der Waals surface area contributed by atoms with Gasteiger partial charge < -0.3 is 0 Å². The number of nitrogens with one attached hydrogen (secondary N) is 1. The highest BCUT2D eigenvalue weighted by Gasteiger charge is 2.10. The Hall–Kier alpha value is -2.47. The summed E-state index contributed by atoms with van der Waals surface area (Å²) in [6.45, 7) is 0. The van der Waals surface area contributed by atoms with Crippen molar-refractivity contribution in [3.8, 4) is 11.4 Å². The fourth-order valence-electron chi connectivity index (χ4n) is 2.25. The van der Waals surface area contributed by atoms with Crippen molar-refractivity contribution in [3.05, 3.63) is 66.0 Å². The number of benzene rings is 2. The van der Waals surface area contributed by atoms with Crippen molar-refractivity contribution < 1.29 is 9.18 Å². The summed E-state index contributed by atoms with van der Waals surface area (Å²) in [6, 6.07) is 15.7.